The van der Waals surface area contributed by atoms with E-state index < -0.39 is 23.6 Å². The number of rotatable bonds is 1. The maximum absolute atomic E-state index is 12.1. The standard InChI is InChI=1S/C13H19N3O3/c1-13(2,3)19-12(18)16-8-7-15-6-4-5-9(15)10(16)11(14)17/h4-6,10H,7-8H2,1-3H3,(H2,14,17). The molecule has 1 atom stereocenters. The van der Waals surface area contributed by atoms with Crippen molar-refractivity contribution in [2.45, 2.75) is 39.0 Å². The first-order chi connectivity index (χ1) is 8.79. The van der Waals surface area contributed by atoms with Crippen molar-refractivity contribution in [2.24, 2.45) is 5.73 Å². The van der Waals surface area contributed by atoms with Gasteiger partial charge in [0.15, 0.2) is 6.04 Å². The molecular formula is C13H19N3O3. The smallest absolute Gasteiger partial charge is 0.411 e. The van der Waals surface area contributed by atoms with E-state index in [2.05, 4.69) is 0 Å². The van der Waals surface area contributed by atoms with E-state index in [0.717, 1.165) is 5.69 Å². The summed E-state index contributed by atoms with van der Waals surface area (Å²) in [5, 5.41) is 0. The fraction of sp³-hybridized carbons (Fsp3) is 0.538. The van der Waals surface area contributed by atoms with Crippen molar-refractivity contribution in [1.29, 1.82) is 0 Å². The molecule has 6 heteroatoms. The Labute approximate surface area is 112 Å². The van der Waals surface area contributed by atoms with Gasteiger partial charge in [-0.1, -0.05) is 0 Å². The Morgan fingerprint density at radius 2 is 2.05 bits per heavy atom. The Morgan fingerprint density at radius 1 is 1.37 bits per heavy atom. The number of carbonyl (C=O) groups excluding carboxylic acids is 2. The van der Waals surface area contributed by atoms with Crippen LogP contribution in [0.15, 0.2) is 18.3 Å². The highest BCUT2D eigenvalue weighted by atomic mass is 16.6. The molecule has 0 saturated carbocycles. The van der Waals surface area contributed by atoms with Gasteiger partial charge in [-0.25, -0.2) is 4.79 Å². The number of amides is 2. The molecule has 1 aliphatic rings. The molecule has 1 aromatic rings. The molecule has 2 heterocycles. The van der Waals surface area contributed by atoms with Gasteiger partial charge in [-0.2, -0.15) is 0 Å². The number of nitrogens with zero attached hydrogens (tertiary/aromatic N) is 2. The third-order valence-electron chi connectivity index (χ3n) is 2.94. The molecule has 2 N–H and O–H groups in total. The Morgan fingerprint density at radius 3 is 2.63 bits per heavy atom. The Bertz CT molecular complexity index is 501. The van der Waals surface area contributed by atoms with Crippen LogP contribution in [0.5, 0.6) is 0 Å². The number of carbonyl (C=O) groups is 2. The number of hydrogen-bond donors (Lipinski definition) is 1. The fourth-order valence-electron chi connectivity index (χ4n) is 2.20. The average molecular weight is 265 g/mol. The summed E-state index contributed by atoms with van der Waals surface area (Å²) >= 11 is 0. The topological polar surface area (TPSA) is 77.6 Å². The molecule has 6 nitrogen and oxygen atoms in total. The van der Waals surface area contributed by atoms with E-state index in [1.165, 1.54) is 4.90 Å². The van der Waals surface area contributed by atoms with Crippen LogP contribution < -0.4 is 5.73 Å². The molecule has 1 aliphatic heterocycles. The number of ether oxygens (including phenoxy) is 1. The van der Waals surface area contributed by atoms with Crippen LogP contribution in [-0.2, 0) is 16.1 Å². The first-order valence-corrected chi connectivity index (χ1v) is 6.23. The second-order valence-corrected chi connectivity index (χ2v) is 5.61. The van der Waals surface area contributed by atoms with E-state index in [-0.39, 0.29) is 0 Å². The van der Waals surface area contributed by atoms with Crippen LogP contribution in [0, 0.1) is 0 Å². The van der Waals surface area contributed by atoms with E-state index in [1.807, 2.05) is 16.8 Å². The summed E-state index contributed by atoms with van der Waals surface area (Å²) in [5.74, 6) is -0.550. The van der Waals surface area contributed by atoms with Crippen LogP contribution >= 0.6 is 0 Å². The van der Waals surface area contributed by atoms with E-state index in [1.54, 1.807) is 26.8 Å². The van der Waals surface area contributed by atoms with Crippen molar-refractivity contribution in [3.8, 4) is 0 Å². The monoisotopic (exact) mass is 265 g/mol. The molecule has 1 unspecified atom stereocenters. The molecule has 0 aliphatic carbocycles. The highest BCUT2D eigenvalue weighted by molar-refractivity contribution is 5.85. The minimum Gasteiger partial charge on any atom is -0.444 e. The molecule has 0 saturated heterocycles. The lowest BCUT2D eigenvalue weighted by Crippen LogP contribution is -2.48. The second-order valence-electron chi connectivity index (χ2n) is 5.61. The second kappa shape index (κ2) is 4.60. The SMILES string of the molecule is CC(C)(C)OC(=O)N1CCn2cccc2C1C(N)=O. The number of primary amides is 1. The summed E-state index contributed by atoms with van der Waals surface area (Å²) in [6.07, 6.45) is 1.36. The van der Waals surface area contributed by atoms with Crippen LogP contribution in [0.1, 0.15) is 32.5 Å². The lowest BCUT2D eigenvalue weighted by atomic mass is 10.1. The minimum absolute atomic E-state index is 0.407. The largest absolute Gasteiger partial charge is 0.444 e. The Kier molecular flexibility index (Phi) is 3.26. The van der Waals surface area contributed by atoms with Gasteiger partial charge in [0.2, 0.25) is 5.91 Å². The normalized spacial score (nSPS) is 18.9. The van der Waals surface area contributed by atoms with Gasteiger partial charge in [-0.15, -0.1) is 0 Å². The number of hydrogen-bond acceptors (Lipinski definition) is 3. The molecule has 0 fully saturated rings. The fourth-order valence-corrected chi connectivity index (χ4v) is 2.20. The Hall–Kier alpha value is -1.98. The van der Waals surface area contributed by atoms with Crippen molar-refractivity contribution in [2.75, 3.05) is 6.54 Å². The Balaban J connectivity index is 2.27. The maximum atomic E-state index is 12.1. The van der Waals surface area contributed by atoms with Gasteiger partial charge in [0.25, 0.3) is 0 Å². The summed E-state index contributed by atoms with van der Waals surface area (Å²) in [7, 11) is 0. The molecular weight excluding hydrogens is 246 g/mol. The zero-order valence-electron chi connectivity index (χ0n) is 11.4. The molecule has 0 aromatic carbocycles. The van der Waals surface area contributed by atoms with Crippen molar-refractivity contribution < 1.29 is 14.3 Å². The molecule has 1 aromatic heterocycles. The zero-order valence-corrected chi connectivity index (χ0v) is 11.4. The first-order valence-electron chi connectivity index (χ1n) is 6.23. The highest BCUT2D eigenvalue weighted by Gasteiger charge is 2.36. The lowest BCUT2D eigenvalue weighted by Gasteiger charge is -2.36. The minimum atomic E-state index is -0.765. The predicted molar refractivity (Wildman–Crippen MR) is 69.3 cm³/mol. The zero-order chi connectivity index (χ0) is 14.2. The first kappa shape index (κ1) is 13.5. The number of aromatic nitrogens is 1. The lowest BCUT2D eigenvalue weighted by molar-refractivity contribution is -0.124. The summed E-state index contributed by atoms with van der Waals surface area (Å²) in [6, 6.07) is 2.87. The maximum Gasteiger partial charge on any atom is 0.411 e. The summed E-state index contributed by atoms with van der Waals surface area (Å²) < 4.78 is 7.25. The van der Waals surface area contributed by atoms with Crippen LogP contribution in [-0.4, -0.2) is 33.6 Å². The summed E-state index contributed by atoms with van der Waals surface area (Å²) in [4.78, 5) is 25.2. The van der Waals surface area contributed by atoms with Gasteiger partial charge in [0, 0.05) is 19.3 Å². The van der Waals surface area contributed by atoms with Crippen LogP contribution in [0.25, 0.3) is 0 Å². The van der Waals surface area contributed by atoms with E-state index >= 15 is 0 Å². The van der Waals surface area contributed by atoms with Gasteiger partial charge < -0.3 is 15.0 Å². The van der Waals surface area contributed by atoms with E-state index in [0.29, 0.717) is 13.1 Å². The van der Waals surface area contributed by atoms with Gasteiger partial charge >= 0.3 is 6.09 Å². The van der Waals surface area contributed by atoms with Gasteiger partial charge in [-0.05, 0) is 32.9 Å². The van der Waals surface area contributed by atoms with Crippen LogP contribution in [0.3, 0.4) is 0 Å². The van der Waals surface area contributed by atoms with Crippen molar-refractivity contribution in [3.05, 3.63) is 24.0 Å². The molecule has 0 radical (unpaired) electrons. The van der Waals surface area contributed by atoms with Gasteiger partial charge in [-0.3, -0.25) is 9.69 Å². The highest BCUT2D eigenvalue weighted by Crippen LogP contribution is 2.27. The number of nitrogens with two attached hydrogens (primary N) is 1. The molecule has 2 rings (SSSR count). The average Bonchev–Trinajstić information content (AvgIpc) is 2.72. The van der Waals surface area contributed by atoms with Crippen molar-refractivity contribution >= 4 is 12.0 Å². The molecule has 0 bridgehead atoms. The van der Waals surface area contributed by atoms with E-state index in [9.17, 15) is 9.59 Å². The summed E-state index contributed by atoms with van der Waals surface area (Å²) in [5.41, 5.74) is 5.56. The predicted octanol–water partition coefficient (Wildman–Crippen LogP) is 1.27. The van der Waals surface area contributed by atoms with Crippen molar-refractivity contribution in [3.63, 3.8) is 0 Å². The quantitative estimate of drug-likeness (QED) is 0.830. The number of fused-ring (bicyclic) bond motifs is 1. The molecule has 2 amide bonds. The third-order valence-corrected chi connectivity index (χ3v) is 2.94. The summed E-state index contributed by atoms with van der Waals surface area (Å²) in [6.45, 7) is 6.40. The molecule has 19 heavy (non-hydrogen) atoms. The van der Waals surface area contributed by atoms with Gasteiger partial charge in [0.1, 0.15) is 5.60 Å². The van der Waals surface area contributed by atoms with Crippen LogP contribution in [0.4, 0.5) is 4.79 Å². The molecule has 104 valence electrons. The molecule has 0 spiro atoms. The third kappa shape index (κ3) is 2.72. The van der Waals surface area contributed by atoms with E-state index in [4.69, 9.17) is 10.5 Å². The van der Waals surface area contributed by atoms with Gasteiger partial charge in [0.05, 0.1) is 5.69 Å². The van der Waals surface area contributed by atoms with Crippen LogP contribution in [0.2, 0.25) is 0 Å². The van der Waals surface area contributed by atoms with Crippen molar-refractivity contribution in [1.82, 2.24) is 9.47 Å².